The van der Waals surface area contributed by atoms with Gasteiger partial charge in [-0.05, 0) is 43.7 Å². The Balaban J connectivity index is 1.97. The van der Waals surface area contributed by atoms with Crippen molar-refractivity contribution in [2.75, 3.05) is 19.8 Å². The second-order valence-corrected chi connectivity index (χ2v) is 6.46. The first-order valence-electron chi connectivity index (χ1n) is 9.86. The van der Waals surface area contributed by atoms with Gasteiger partial charge in [-0.1, -0.05) is 24.3 Å². The number of benzene rings is 1. The smallest absolute Gasteiger partial charge is 0.269 e. The van der Waals surface area contributed by atoms with Crippen LogP contribution in [0, 0.1) is 11.3 Å². The number of para-hydroxylation sites is 1. The summed E-state index contributed by atoms with van der Waals surface area (Å²) in [6.07, 6.45) is 3.39. The molecule has 31 heavy (non-hydrogen) atoms. The number of hydrogen-bond donors (Lipinski definition) is 1. The molecule has 0 atom stereocenters. The zero-order valence-corrected chi connectivity index (χ0v) is 17.1. The fourth-order valence-corrected chi connectivity index (χ4v) is 2.79. The fraction of sp³-hybridized carbons (Fsp3) is 0.217. The minimum atomic E-state index is -0.581. The van der Waals surface area contributed by atoms with Gasteiger partial charge in [0.05, 0.1) is 0 Å². The van der Waals surface area contributed by atoms with Crippen LogP contribution >= 0.6 is 0 Å². The van der Waals surface area contributed by atoms with Gasteiger partial charge in [0.1, 0.15) is 28.6 Å². The third-order valence-corrected chi connectivity index (χ3v) is 4.30. The zero-order valence-electron chi connectivity index (χ0n) is 17.1. The number of hydrogen-bond acceptors (Lipinski definition) is 6. The lowest BCUT2D eigenvalue weighted by Gasteiger charge is -2.10. The topological polar surface area (TPSA) is 106 Å². The van der Waals surface area contributed by atoms with E-state index in [1.165, 1.54) is 10.5 Å². The van der Waals surface area contributed by atoms with Crippen LogP contribution in [0.3, 0.4) is 0 Å². The van der Waals surface area contributed by atoms with E-state index in [2.05, 4.69) is 10.3 Å². The number of carbonyl (C=O) groups is 1. The molecule has 8 heteroatoms. The van der Waals surface area contributed by atoms with Crippen LogP contribution in [0.15, 0.2) is 65.1 Å². The minimum absolute atomic E-state index is 0.00793. The molecule has 3 rings (SSSR count). The molecule has 2 heterocycles. The Morgan fingerprint density at radius 1 is 1.23 bits per heavy atom. The second kappa shape index (κ2) is 10.7. The van der Waals surface area contributed by atoms with E-state index >= 15 is 0 Å². The molecular weight excluding hydrogens is 396 g/mol. The highest BCUT2D eigenvalue weighted by Gasteiger charge is 2.17. The van der Waals surface area contributed by atoms with Gasteiger partial charge in [-0.25, -0.2) is 0 Å². The van der Waals surface area contributed by atoms with E-state index in [1.54, 1.807) is 48.7 Å². The molecule has 0 bridgehead atoms. The molecule has 1 aromatic carbocycles. The van der Waals surface area contributed by atoms with Crippen molar-refractivity contribution >= 4 is 17.6 Å². The van der Waals surface area contributed by atoms with Crippen LogP contribution < -0.4 is 15.6 Å². The summed E-state index contributed by atoms with van der Waals surface area (Å²) in [6, 6.07) is 15.8. The summed E-state index contributed by atoms with van der Waals surface area (Å²) in [5.41, 5.74) is -0.277. The Morgan fingerprint density at radius 3 is 2.74 bits per heavy atom. The molecule has 0 fully saturated rings. The lowest BCUT2D eigenvalue weighted by atomic mass is 10.1. The number of ether oxygens (including phenoxy) is 2. The molecule has 0 saturated heterocycles. The largest absolute Gasteiger partial charge is 0.438 e. The van der Waals surface area contributed by atoms with E-state index in [9.17, 15) is 14.9 Å². The Morgan fingerprint density at radius 2 is 2.00 bits per heavy atom. The van der Waals surface area contributed by atoms with Gasteiger partial charge in [0, 0.05) is 26.0 Å². The first-order valence-corrected chi connectivity index (χ1v) is 9.86. The van der Waals surface area contributed by atoms with Gasteiger partial charge in [0.15, 0.2) is 0 Å². The highest BCUT2D eigenvalue weighted by Crippen LogP contribution is 2.23. The summed E-state index contributed by atoms with van der Waals surface area (Å²) >= 11 is 0. The monoisotopic (exact) mass is 418 g/mol. The van der Waals surface area contributed by atoms with Crippen molar-refractivity contribution < 1.29 is 14.3 Å². The van der Waals surface area contributed by atoms with Gasteiger partial charge in [-0.3, -0.25) is 14.0 Å². The molecular formula is C23H22N4O4. The summed E-state index contributed by atoms with van der Waals surface area (Å²) < 4.78 is 12.4. The van der Waals surface area contributed by atoms with Gasteiger partial charge in [0.25, 0.3) is 11.5 Å². The van der Waals surface area contributed by atoms with Crippen molar-refractivity contribution in [2.24, 2.45) is 0 Å². The number of fused-ring (bicyclic) bond motifs is 1. The molecule has 158 valence electrons. The normalized spacial score (nSPS) is 11.2. The zero-order chi connectivity index (χ0) is 22.1. The number of nitriles is 1. The van der Waals surface area contributed by atoms with Crippen LogP contribution in [0.5, 0.6) is 11.6 Å². The molecule has 2 aromatic heterocycles. The van der Waals surface area contributed by atoms with E-state index in [-0.39, 0.29) is 17.0 Å². The number of nitrogens with zero attached hydrogens (tertiary/aromatic N) is 3. The predicted octanol–water partition coefficient (Wildman–Crippen LogP) is 2.94. The van der Waals surface area contributed by atoms with E-state index < -0.39 is 11.5 Å². The summed E-state index contributed by atoms with van der Waals surface area (Å²) in [7, 11) is 0. The summed E-state index contributed by atoms with van der Waals surface area (Å²) in [5, 5.41) is 12.2. The average Bonchev–Trinajstić information content (AvgIpc) is 2.79. The Hall–Kier alpha value is -3.96. The lowest BCUT2D eigenvalue weighted by Crippen LogP contribution is -2.27. The van der Waals surface area contributed by atoms with Crippen molar-refractivity contribution in [1.29, 1.82) is 5.26 Å². The van der Waals surface area contributed by atoms with E-state index in [1.807, 2.05) is 19.1 Å². The third kappa shape index (κ3) is 5.56. The van der Waals surface area contributed by atoms with Crippen molar-refractivity contribution in [3.8, 4) is 17.7 Å². The number of nitrogens with one attached hydrogen (secondary N) is 1. The van der Waals surface area contributed by atoms with Gasteiger partial charge in [0.2, 0.25) is 5.88 Å². The standard InChI is InChI=1S/C23H22N4O4/c1-2-30-14-8-12-25-21(28)17(16-24)15-19-22(31-18-9-4-3-5-10-18)26-20-11-6-7-13-27(20)23(19)29/h3-7,9-11,13,15H,2,8,12,14H2,1H3,(H,25,28)/b17-15+. The number of aromatic nitrogens is 2. The second-order valence-electron chi connectivity index (χ2n) is 6.46. The molecule has 0 aliphatic heterocycles. The average molecular weight is 418 g/mol. The first-order chi connectivity index (χ1) is 15.1. The number of rotatable bonds is 9. The fourth-order valence-electron chi connectivity index (χ4n) is 2.79. The molecule has 0 radical (unpaired) electrons. The quantitative estimate of drug-likeness (QED) is 0.325. The Labute approximate surface area is 179 Å². The molecule has 1 amide bonds. The first kappa shape index (κ1) is 21.7. The molecule has 8 nitrogen and oxygen atoms in total. The van der Waals surface area contributed by atoms with Crippen molar-refractivity contribution in [3.05, 3.63) is 76.2 Å². The van der Waals surface area contributed by atoms with Crippen LogP contribution in [0.2, 0.25) is 0 Å². The number of amides is 1. The highest BCUT2D eigenvalue weighted by atomic mass is 16.5. The predicted molar refractivity (Wildman–Crippen MR) is 116 cm³/mol. The molecule has 0 aliphatic carbocycles. The van der Waals surface area contributed by atoms with Crippen LogP contribution in [0.1, 0.15) is 18.9 Å². The van der Waals surface area contributed by atoms with Crippen molar-refractivity contribution in [1.82, 2.24) is 14.7 Å². The maximum absolute atomic E-state index is 13.1. The molecule has 0 aliphatic rings. The Bertz CT molecular complexity index is 1180. The maximum atomic E-state index is 13.1. The SMILES string of the molecule is CCOCCCNC(=O)/C(C#N)=C/c1c(Oc2ccccc2)nc2ccccn2c1=O. The number of pyridine rings is 1. The minimum Gasteiger partial charge on any atom is -0.438 e. The highest BCUT2D eigenvalue weighted by molar-refractivity contribution is 6.01. The van der Waals surface area contributed by atoms with Crippen LogP contribution in [-0.2, 0) is 9.53 Å². The molecule has 1 N–H and O–H groups in total. The van der Waals surface area contributed by atoms with Crippen molar-refractivity contribution in [2.45, 2.75) is 13.3 Å². The van der Waals surface area contributed by atoms with Gasteiger partial charge >= 0.3 is 0 Å². The van der Waals surface area contributed by atoms with Crippen LogP contribution in [0.4, 0.5) is 0 Å². The van der Waals surface area contributed by atoms with Gasteiger partial charge in [-0.2, -0.15) is 10.2 Å². The Kier molecular flexibility index (Phi) is 7.51. The summed E-state index contributed by atoms with van der Waals surface area (Å²) in [6.45, 7) is 3.34. The summed E-state index contributed by atoms with van der Waals surface area (Å²) in [4.78, 5) is 29.9. The van der Waals surface area contributed by atoms with Gasteiger partial charge < -0.3 is 14.8 Å². The van der Waals surface area contributed by atoms with E-state index in [4.69, 9.17) is 9.47 Å². The van der Waals surface area contributed by atoms with Crippen molar-refractivity contribution in [3.63, 3.8) is 0 Å². The third-order valence-electron chi connectivity index (χ3n) is 4.30. The number of carbonyl (C=O) groups excluding carboxylic acids is 1. The molecule has 0 saturated carbocycles. The van der Waals surface area contributed by atoms with E-state index in [0.29, 0.717) is 37.6 Å². The van der Waals surface area contributed by atoms with Crippen LogP contribution in [-0.4, -0.2) is 35.1 Å². The molecule has 0 spiro atoms. The molecule has 0 unspecified atom stereocenters. The van der Waals surface area contributed by atoms with E-state index in [0.717, 1.165) is 0 Å². The summed E-state index contributed by atoms with van der Waals surface area (Å²) in [5.74, 6) is -0.0928. The lowest BCUT2D eigenvalue weighted by molar-refractivity contribution is -0.117. The van der Waals surface area contributed by atoms with Gasteiger partial charge in [-0.15, -0.1) is 0 Å². The molecule has 3 aromatic rings. The maximum Gasteiger partial charge on any atom is 0.269 e. The van der Waals surface area contributed by atoms with Crippen LogP contribution in [0.25, 0.3) is 11.7 Å².